The molecule has 0 saturated carbocycles. The van der Waals surface area contributed by atoms with E-state index in [1.165, 1.54) is 24.3 Å². The summed E-state index contributed by atoms with van der Waals surface area (Å²) in [5, 5.41) is 5.43. The summed E-state index contributed by atoms with van der Waals surface area (Å²) in [7, 11) is -6.21. The molecule has 4 aliphatic rings. The van der Waals surface area contributed by atoms with Crippen molar-refractivity contribution >= 4 is 124 Å². The van der Waals surface area contributed by atoms with E-state index in [9.17, 15) is 45.6 Å². The number of likely N-dealkylation sites (N-methyl/N-ethyl adjacent to an activating group) is 1. The van der Waals surface area contributed by atoms with Gasteiger partial charge in [0.15, 0.2) is 0 Å². The Balaban J connectivity index is 1.11. The van der Waals surface area contributed by atoms with Crippen molar-refractivity contribution in [1.29, 1.82) is 0 Å². The van der Waals surface area contributed by atoms with Gasteiger partial charge in [0, 0.05) is 106 Å². The molecule has 486 valence electrons. The van der Waals surface area contributed by atoms with Crippen molar-refractivity contribution in [2.75, 3.05) is 69.3 Å². The van der Waals surface area contributed by atoms with E-state index in [1.54, 1.807) is 39.6 Å². The third-order valence-electron chi connectivity index (χ3n) is 17.0. The van der Waals surface area contributed by atoms with Gasteiger partial charge in [-0.1, -0.05) is 108 Å². The van der Waals surface area contributed by atoms with Crippen molar-refractivity contribution in [2.24, 2.45) is 11.8 Å². The van der Waals surface area contributed by atoms with Crippen LogP contribution in [0, 0.1) is 11.8 Å². The van der Waals surface area contributed by atoms with Crippen LogP contribution in [0.1, 0.15) is 216 Å². The van der Waals surface area contributed by atoms with E-state index in [-0.39, 0.29) is 160 Å². The Morgan fingerprint density at radius 3 is 0.989 bits per heavy atom. The largest absolute Gasteiger partial charge is 0.354 e. The van der Waals surface area contributed by atoms with E-state index in [1.807, 2.05) is 27.7 Å². The van der Waals surface area contributed by atoms with E-state index >= 15 is 19.2 Å². The number of hydrogen-bond donors (Lipinski definition) is 2. The lowest BCUT2D eigenvalue weighted by Crippen LogP contribution is -2.55. The summed E-state index contributed by atoms with van der Waals surface area (Å²) in [6.45, 7) is 17.8. The number of amides is 10. The zero-order valence-electron chi connectivity index (χ0n) is 53.3. The van der Waals surface area contributed by atoms with E-state index in [4.69, 9.17) is 0 Å². The first-order valence-electron chi connectivity index (χ1n) is 31.5. The zero-order chi connectivity index (χ0) is 65.9. The van der Waals surface area contributed by atoms with Gasteiger partial charge < -0.3 is 15.5 Å². The van der Waals surface area contributed by atoms with Crippen LogP contribution < -0.4 is 10.6 Å². The maximum atomic E-state index is 15.1. The quantitative estimate of drug-likeness (QED) is 0.0349. The molecule has 10 amide bonds. The van der Waals surface area contributed by atoms with Crippen molar-refractivity contribution in [3.8, 4) is 0 Å². The molecule has 4 aromatic carbocycles. The molecular formula is C65H83N7O14S4. The molecular weight excluding hydrogens is 1230 g/mol. The van der Waals surface area contributed by atoms with Crippen LogP contribution in [0.4, 0.5) is 0 Å². The van der Waals surface area contributed by atoms with Crippen LogP contribution >= 0.6 is 0 Å². The Hall–Kier alpha value is -6.54. The lowest BCUT2D eigenvalue weighted by molar-refractivity contribution is -0.126. The second-order valence-electron chi connectivity index (χ2n) is 24.0. The second-order valence-corrected chi connectivity index (χ2v) is 30.8. The van der Waals surface area contributed by atoms with E-state index in [0.717, 1.165) is 58.1 Å². The fourth-order valence-electron chi connectivity index (χ4n) is 12.4. The Labute approximate surface area is 535 Å². The highest BCUT2D eigenvalue weighted by atomic mass is 32.2. The Morgan fingerprint density at radius 1 is 0.422 bits per heavy atom. The average Bonchev–Trinajstić information content (AvgIpc) is 0.705. The topological polar surface area (TPSA) is 279 Å². The van der Waals surface area contributed by atoms with E-state index < -0.39 is 114 Å². The highest BCUT2D eigenvalue weighted by Gasteiger charge is 2.49. The Morgan fingerprint density at radius 2 is 0.711 bits per heavy atom. The summed E-state index contributed by atoms with van der Waals surface area (Å²) in [4.78, 5) is 153. The summed E-state index contributed by atoms with van der Waals surface area (Å²) in [6.07, 6.45) is 7.12. The predicted octanol–water partition coefficient (Wildman–Crippen LogP) is 7.74. The molecule has 0 aromatic heterocycles. The second kappa shape index (κ2) is 29.4. The average molecular weight is 1310 g/mol. The van der Waals surface area contributed by atoms with Gasteiger partial charge in [-0.05, 0) is 68.8 Å². The molecule has 0 aliphatic carbocycles. The number of carbonyl (C=O) groups excluding carboxylic acids is 10. The van der Waals surface area contributed by atoms with Gasteiger partial charge in [0.2, 0.25) is 11.8 Å². The molecule has 0 bridgehead atoms. The lowest BCUT2D eigenvalue weighted by atomic mass is 9.84. The molecule has 0 saturated heterocycles. The third kappa shape index (κ3) is 13.0. The molecule has 6 unspecified atom stereocenters. The third-order valence-corrected chi connectivity index (χ3v) is 22.4. The number of carbonyl (C=O) groups is 10. The molecule has 8 rings (SSSR count). The molecule has 4 aliphatic heterocycles. The van der Waals surface area contributed by atoms with Crippen LogP contribution in [0.3, 0.4) is 0 Å². The summed E-state index contributed by atoms with van der Waals surface area (Å²) in [5.41, 5.74) is -1.42. The Kier molecular flexibility index (Phi) is 22.6. The minimum absolute atomic E-state index is 0.0195. The molecule has 21 nitrogen and oxygen atoms in total. The molecule has 4 heterocycles. The van der Waals surface area contributed by atoms with Gasteiger partial charge in [0.25, 0.3) is 47.3 Å². The minimum Gasteiger partial charge on any atom is -0.354 e. The summed E-state index contributed by atoms with van der Waals surface area (Å²) in [6, 6.07) is 2.56. The van der Waals surface area contributed by atoms with Gasteiger partial charge in [-0.2, -0.15) is 0 Å². The van der Waals surface area contributed by atoms with Gasteiger partial charge in [0.1, 0.15) is 12.1 Å². The number of rotatable bonds is 32. The first-order valence-corrected chi connectivity index (χ1v) is 36.8. The highest BCUT2D eigenvalue weighted by molar-refractivity contribution is 7.86. The normalized spacial score (nSPS) is 16.8. The number of imide groups is 4. The van der Waals surface area contributed by atoms with Gasteiger partial charge in [-0.25, -0.2) is 0 Å². The van der Waals surface area contributed by atoms with Crippen molar-refractivity contribution in [1.82, 2.24) is 35.1 Å². The molecule has 0 radical (unpaired) electrons. The number of unbranched alkanes of at least 4 members (excludes halogenated alkanes) is 6. The van der Waals surface area contributed by atoms with Gasteiger partial charge >= 0.3 is 0 Å². The van der Waals surface area contributed by atoms with Gasteiger partial charge in [0.05, 0.1) is 85.0 Å². The number of nitrogens with one attached hydrogen (secondary N) is 2. The maximum absolute atomic E-state index is 15.1. The van der Waals surface area contributed by atoms with E-state index in [0.29, 0.717) is 25.9 Å². The first kappa shape index (κ1) is 69.4. The monoisotopic (exact) mass is 1310 g/mol. The molecule has 4 aromatic rings. The fourth-order valence-corrected chi connectivity index (χ4v) is 16.3. The van der Waals surface area contributed by atoms with Crippen LogP contribution in [0.5, 0.6) is 0 Å². The van der Waals surface area contributed by atoms with E-state index in [2.05, 4.69) is 24.5 Å². The number of hydrogen-bond acceptors (Lipinski definition) is 15. The minimum atomic E-state index is -1.96. The number of benzene rings is 4. The smallest absolute Gasteiger partial charge is 0.263 e. The SMILES string of the molecule is CCCCCCNC(=O)C(CC(C)C)N1C(=O)c2cc(S(=O)CC)c3c4c(cc(S(=O)CC)c(c24)C1=O)C(=O)N(CCN(C)CCN1C(=O)c2cc(S(=O)CC)c4c5c(cc(S(=O)CC)c(c25)C1=O)C(=O)N(C(CC(C)C)C(=O)NCCCCCC)C4=O)C3=O. The molecule has 25 heteroatoms. The van der Waals surface area contributed by atoms with Crippen molar-refractivity contribution in [2.45, 2.75) is 165 Å². The molecule has 2 N–H and O–H groups in total. The number of nitrogens with zero attached hydrogens (tertiary/aromatic N) is 5. The molecule has 6 atom stereocenters. The van der Waals surface area contributed by atoms with Crippen LogP contribution in [-0.4, -0.2) is 182 Å². The van der Waals surface area contributed by atoms with Crippen molar-refractivity contribution in [3.63, 3.8) is 0 Å². The van der Waals surface area contributed by atoms with Crippen LogP contribution in [0.15, 0.2) is 43.8 Å². The first-order chi connectivity index (χ1) is 42.9. The standard InChI is InChI=1S/C65H83N7O14S4/c1-12-18-20-22-24-66-56(73)42(30-36(7)8)71-60(77)40-34-44(87(83)14-3)52-48-38(32-46(89(85)16-5)54(50(40)48)64(71)81)58(75)69(62(52)79)28-26-68(11)27-29-70-59(76)39-33-47(90(86)17-6)55-51-41(35-45(88(84)15-4)53(49(39)51)63(70)80)61(78)72(65(55)82)43(31-37(9)10)57(74)67-25-23-21-19-13-2/h32-37,42-43H,12-31H2,1-11H3,(H,66,73)(H,67,74). The van der Waals surface area contributed by atoms with Gasteiger partial charge in [-0.15, -0.1) is 0 Å². The maximum Gasteiger partial charge on any atom is 0.263 e. The summed E-state index contributed by atoms with van der Waals surface area (Å²) < 4.78 is 56.8. The van der Waals surface area contributed by atoms with Gasteiger partial charge in [-0.3, -0.25) is 84.4 Å². The van der Waals surface area contributed by atoms with Crippen LogP contribution in [0.2, 0.25) is 0 Å². The van der Waals surface area contributed by atoms with Crippen LogP contribution in [-0.2, 0) is 52.8 Å². The van der Waals surface area contributed by atoms with Crippen molar-refractivity contribution < 1.29 is 64.8 Å². The summed E-state index contributed by atoms with van der Waals surface area (Å²) >= 11 is 0. The summed E-state index contributed by atoms with van der Waals surface area (Å²) in [5.74, 6) is -8.64. The highest BCUT2D eigenvalue weighted by Crippen LogP contribution is 2.46. The molecule has 0 fully saturated rings. The molecule has 90 heavy (non-hydrogen) atoms. The fraction of sp³-hybridized carbons (Fsp3) is 0.538. The zero-order valence-corrected chi connectivity index (χ0v) is 56.6. The molecule has 0 spiro atoms. The lowest BCUT2D eigenvalue weighted by Gasteiger charge is -2.37. The van der Waals surface area contributed by atoms with Crippen molar-refractivity contribution in [3.05, 3.63) is 68.8 Å². The Bertz CT molecular complexity index is 3530. The van der Waals surface area contributed by atoms with Crippen LogP contribution in [0.25, 0.3) is 21.5 Å². The predicted molar refractivity (Wildman–Crippen MR) is 346 cm³/mol.